The summed E-state index contributed by atoms with van der Waals surface area (Å²) in [6.45, 7) is 1.89. The second kappa shape index (κ2) is 5.24. The molecular formula is C17H15N5O. The number of carbonyl (C=O) groups is 1. The number of nitrogens with zero attached hydrogens (tertiary/aromatic N) is 3. The first kappa shape index (κ1) is 13.5. The molecule has 0 bridgehead atoms. The summed E-state index contributed by atoms with van der Waals surface area (Å²) in [7, 11) is 0. The van der Waals surface area contributed by atoms with Crippen molar-refractivity contribution < 1.29 is 4.79 Å². The van der Waals surface area contributed by atoms with Gasteiger partial charge in [-0.2, -0.15) is 0 Å². The Labute approximate surface area is 132 Å². The zero-order valence-corrected chi connectivity index (χ0v) is 12.5. The van der Waals surface area contributed by atoms with Crippen LogP contribution < -0.4 is 5.32 Å². The van der Waals surface area contributed by atoms with E-state index < -0.39 is 0 Å². The van der Waals surface area contributed by atoms with E-state index >= 15 is 0 Å². The van der Waals surface area contributed by atoms with Crippen LogP contribution in [0.1, 0.15) is 29.3 Å². The molecule has 4 aromatic rings. The molecule has 1 amide bonds. The third-order valence-electron chi connectivity index (χ3n) is 3.85. The molecule has 6 nitrogen and oxygen atoms in total. The molecule has 0 aliphatic heterocycles. The Kier molecular flexibility index (Phi) is 3.08. The summed E-state index contributed by atoms with van der Waals surface area (Å²) in [6, 6.07) is 15.1. The van der Waals surface area contributed by atoms with E-state index in [1.54, 1.807) is 0 Å². The summed E-state index contributed by atoms with van der Waals surface area (Å²) >= 11 is 0. The largest absolute Gasteiger partial charge is 0.351 e. The number of pyridine rings is 1. The number of H-pyrrole nitrogens is 1. The molecule has 0 saturated carbocycles. The normalized spacial score (nSPS) is 12.6. The molecular weight excluding hydrogens is 290 g/mol. The Hall–Kier alpha value is -3.15. The van der Waals surface area contributed by atoms with E-state index in [1.165, 1.54) is 0 Å². The maximum absolute atomic E-state index is 12.5. The Morgan fingerprint density at radius 3 is 2.87 bits per heavy atom. The number of hydrogen-bond acceptors (Lipinski definition) is 3. The molecule has 1 unspecified atom stereocenters. The number of carbonyl (C=O) groups excluding carboxylic acids is 1. The predicted molar refractivity (Wildman–Crippen MR) is 87.2 cm³/mol. The highest BCUT2D eigenvalue weighted by atomic mass is 16.1. The number of aromatic nitrogens is 4. The molecule has 114 valence electrons. The van der Waals surface area contributed by atoms with Gasteiger partial charge < -0.3 is 10.3 Å². The van der Waals surface area contributed by atoms with E-state index in [2.05, 4.69) is 20.5 Å². The smallest absolute Gasteiger partial charge is 0.268 e. The molecule has 0 aliphatic rings. The average Bonchev–Trinajstić information content (AvgIpc) is 3.18. The fourth-order valence-electron chi connectivity index (χ4n) is 2.69. The minimum Gasteiger partial charge on any atom is -0.351 e. The van der Waals surface area contributed by atoms with E-state index in [9.17, 15) is 4.79 Å². The van der Waals surface area contributed by atoms with Gasteiger partial charge in [0, 0.05) is 17.1 Å². The van der Waals surface area contributed by atoms with Gasteiger partial charge in [0.1, 0.15) is 5.69 Å². The van der Waals surface area contributed by atoms with Crippen molar-refractivity contribution in [1.29, 1.82) is 0 Å². The standard InChI is InChI=1S/C17H15N5O/c1-11(16-21-20-15-8-4-5-9-22(15)16)18-17(23)14-10-12-6-2-3-7-13(12)19-14/h2-11,19H,1H3,(H,18,23). The lowest BCUT2D eigenvalue weighted by molar-refractivity contribution is 0.0934. The lowest BCUT2D eigenvalue weighted by Crippen LogP contribution is -2.28. The molecule has 2 N–H and O–H groups in total. The Balaban J connectivity index is 1.60. The Morgan fingerprint density at radius 2 is 2.00 bits per heavy atom. The minimum absolute atomic E-state index is 0.165. The molecule has 23 heavy (non-hydrogen) atoms. The van der Waals surface area contributed by atoms with E-state index in [-0.39, 0.29) is 11.9 Å². The average molecular weight is 305 g/mol. The van der Waals surface area contributed by atoms with Crippen molar-refractivity contribution in [2.45, 2.75) is 13.0 Å². The number of hydrogen-bond donors (Lipinski definition) is 2. The minimum atomic E-state index is -0.258. The molecule has 3 heterocycles. The van der Waals surface area contributed by atoms with Gasteiger partial charge in [-0.05, 0) is 31.2 Å². The van der Waals surface area contributed by atoms with Crippen LogP contribution in [0.5, 0.6) is 0 Å². The third kappa shape index (κ3) is 2.34. The summed E-state index contributed by atoms with van der Waals surface area (Å²) in [6.07, 6.45) is 1.89. The number of fused-ring (bicyclic) bond motifs is 2. The third-order valence-corrected chi connectivity index (χ3v) is 3.85. The molecule has 0 fully saturated rings. The van der Waals surface area contributed by atoms with Crippen molar-refractivity contribution >= 4 is 22.5 Å². The maximum atomic E-state index is 12.5. The summed E-state index contributed by atoms with van der Waals surface area (Å²) < 4.78 is 1.87. The molecule has 1 atom stereocenters. The highest BCUT2D eigenvalue weighted by Crippen LogP contribution is 2.16. The summed E-state index contributed by atoms with van der Waals surface area (Å²) in [5.41, 5.74) is 2.24. The summed E-state index contributed by atoms with van der Waals surface area (Å²) in [5.74, 6) is 0.534. The van der Waals surface area contributed by atoms with Crippen LogP contribution in [0.3, 0.4) is 0 Å². The van der Waals surface area contributed by atoms with Gasteiger partial charge in [0.15, 0.2) is 11.5 Å². The number of rotatable bonds is 3. The quantitative estimate of drug-likeness (QED) is 0.611. The van der Waals surface area contributed by atoms with Crippen LogP contribution in [0.2, 0.25) is 0 Å². The van der Waals surface area contributed by atoms with Crippen LogP contribution in [0, 0.1) is 0 Å². The lowest BCUT2D eigenvalue weighted by Gasteiger charge is -2.11. The van der Waals surface area contributed by atoms with E-state index in [0.717, 1.165) is 16.6 Å². The van der Waals surface area contributed by atoms with Crippen LogP contribution in [-0.4, -0.2) is 25.5 Å². The van der Waals surface area contributed by atoms with Crippen molar-refractivity contribution in [3.05, 3.63) is 66.2 Å². The van der Waals surface area contributed by atoms with Gasteiger partial charge in [0.05, 0.1) is 6.04 Å². The number of amides is 1. The first-order chi connectivity index (χ1) is 11.2. The molecule has 0 radical (unpaired) electrons. The Bertz CT molecular complexity index is 967. The van der Waals surface area contributed by atoms with Crippen molar-refractivity contribution in [3.63, 3.8) is 0 Å². The zero-order valence-electron chi connectivity index (χ0n) is 12.5. The molecule has 0 aliphatic carbocycles. The van der Waals surface area contributed by atoms with Crippen molar-refractivity contribution in [3.8, 4) is 0 Å². The van der Waals surface area contributed by atoms with Crippen molar-refractivity contribution in [2.24, 2.45) is 0 Å². The first-order valence-corrected chi connectivity index (χ1v) is 7.40. The topological polar surface area (TPSA) is 75.1 Å². The number of nitrogens with one attached hydrogen (secondary N) is 2. The Morgan fingerprint density at radius 1 is 1.17 bits per heavy atom. The highest BCUT2D eigenvalue weighted by molar-refractivity contribution is 5.98. The summed E-state index contributed by atoms with van der Waals surface area (Å²) in [4.78, 5) is 15.6. The molecule has 4 rings (SSSR count). The van der Waals surface area contributed by atoms with Gasteiger partial charge in [0.25, 0.3) is 5.91 Å². The number of para-hydroxylation sites is 1. The van der Waals surface area contributed by atoms with Crippen molar-refractivity contribution in [2.75, 3.05) is 0 Å². The van der Waals surface area contributed by atoms with Crippen LogP contribution in [0.25, 0.3) is 16.6 Å². The van der Waals surface area contributed by atoms with Crippen LogP contribution in [-0.2, 0) is 0 Å². The first-order valence-electron chi connectivity index (χ1n) is 7.40. The van der Waals surface area contributed by atoms with Gasteiger partial charge in [-0.3, -0.25) is 9.20 Å². The SMILES string of the molecule is CC(NC(=O)c1cc2ccccc2[nH]1)c1nnc2ccccn12. The van der Waals surface area contributed by atoms with Crippen LogP contribution >= 0.6 is 0 Å². The zero-order chi connectivity index (χ0) is 15.8. The fraction of sp³-hybridized carbons (Fsp3) is 0.118. The van der Waals surface area contributed by atoms with Crippen LogP contribution in [0.4, 0.5) is 0 Å². The fourth-order valence-corrected chi connectivity index (χ4v) is 2.69. The molecule has 1 aromatic carbocycles. The number of aromatic amines is 1. The second-order valence-electron chi connectivity index (χ2n) is 5.45. The van der Waals surface area contributed by atoms with Gasteiger partial charge in [-0.1, -0.05) is 24.3 Å². The molecule has 6 heteroatoms. The van der Waals surface area contributed by atoms with Gasteiger partial charge in [-0.15, -0.1) is 10.2 Å². The monoisotopic (exact) mass is 305 g/mol. The van der Waals surface area contributed by atoms with E-state index in [1.807, 2.05) is 66.1 Å². The van der Waals surface area contributed by atoms with E-state index in [4.69, 9.17) is 0 Å². The second-order valence-corrected chi connectivity index (χ2v) is 5.45. The van der Waals surface area contributed by atoms with Gasteiger partial charge >= 0.3 is 0 Å². The van der Waals surface area contributed by atoms with Gasteiger partial charge in [-0.25, -0.2) is 0 Å². The lowest BCUT2D eigenvalue weighted by atomic mass is 10.2. The highest BCUT2D eigenvalue weighted by Gasteiger charge is 2.17. The molecule has 0 saturated heterocycles. The van der Waals surface area contributed by atoms with Crippen molar-refractivity contribution in [1.82, 2.24) is 24.9 Å². The predicted octanol–water partition coefficient (Wildman–Crippen LogP) is 2.70. The molecule has 0 spiro atoms. The summed E-state index contributed by atoms with van der Waals surface area (Å²) in [5, 5.41) is 12.3. The van der Waals surface area contributed by atoms with Crippen LogP contribution in [0.15, 0.2) is 54.7 Å². The van der Waals surface area contributed by atoms with Gasteiger partial charge in [0.2, 0.25) is 0 Å². The maximum Gasteiger partial charge on any atom is 0.268 e. The molecule has 3 aromatic heterocycles. The number of benzene rings is 1. The van der Waals surface area contributed by atoms with E-state index in [0.29, 0.717) is 11.5 Å².